The lowest BCUT2D eigenvalue weighted by Gasteiger charge is -2.08. The van der Waals surface area contributed by atoms with Gasteiger partial charge in [-0.2, -0.15) is 4.98 Å². The third-order valence-corrected chi connectivity index (χ3v) is 2.77. The van der Waals surface area contributed by atoms with E-state index in [4.69, 9.17) is 19.7 Å². The minimum Gasteiger partial charge on any atom is -0.383 e. The Morgan fingerprint density at radius 1 is 1.62 bits per heavy atom. The van der Waals surface area contributed by atoms with Crippen LogP contribution in [0.3, 0.4) is 0 Å². The van der Waals surface area contributed by atoms with E-state index in [1.807, 2.05) is 0 Å². The third kappa shape index (κ3) is 2.23. The molecule has 0 spiro atoms. The molecule has 3 unspecified atom stereocenters. The summed E-state index contributed by atoms with van der Waals surface area (Å²) in [5.74, 6) is 1.40. The quantitative estimate of drug-likeness (QED) is 0.819. The molecular formula is C10H17N3O3. The molecule has 90 valence electrons. The van der Waals surface area contributed by atoms with E-state index in [2.05, 4.69) is 17.1 Å². The highest BCUT2D eigenvalue weighted by molar-refractivity contribution is 4.97. The number of nitrogens with zero attached hydrogens (tertiary/aromatic N) is 2. The molecule has 0 amide bonds. The first-order valence-electron chi connectivity index (χ1n) is 5.42. The average molecular weight is 227 g/mol. The Hall–Kier alpha value is -0.980. The largest absolute Gasteiger partial charge is 0.383 e. The Kier molecular flexibility index (Phi) is 3.52. The fourth-order valence-electron chi connectivity index (χ4n) is 1.78. The Balaban J connectivity index is 2.06. The molecule has 6 heteroatoms. The third-order valence-electron chi connectivity index (χ3n) is 2.77. The Morgan fingerprint density at radius 3 is 3.06 bits per heavy atom. The molecule has 0 aliphatic carbocycles. The van der Waals surface area contributed by atoms with Crippen molar-refractivity contribution in [3.63, 3.8) is 0 Å². The minimum absolute atomic E-state index is 0.0870. The molecule has 2 N–H and O–H groups in total. The van der Waals surface area contributed by atoms with Gasteiger partial charge in [0.25, 0.3) is 5.89 Å². The summed E-state index contributed by atoms with van der Waals surface area (Å²) in [6.45, 7) is 3.23. The van der Waals surface area contributed by atoms with E-state index in [1.165, 1.54) is 0 Å². The standard InChI is InChI=1S/C10H17N3O3/c1-6-3-4-15-8(6)10-12-9(13-16-10)7(11)5-14-2/h6-8H,3-5,11H2,1-2H3. The van der Waals surface area contributed by atoms with Crippen LogP contribution < -0.4 is 5.73 Å². The lowest BCUT2D eigenvalue weighted by Crippen LogP contribution is -2.17. The van der Waals surface area contributed by atoms with Gasteiger partial charge < -0.3 is 19.7 Å². The van der Waals surface area contributed by atoms with Crippen LogP contribution in [-0.2, 0) is 9.47 Å². The van der Waals surface area contributed by atoms with Gasteiger partial charge >= 0.3 is 0 Å². The highest BCUT2D eigenvalue weighted by atomic mass is 16.5. The zero-order chi connectivity index (χ0) is 11.5. The second kappa shape index (κ2) is 4.90. The van der Waals surface area contributed by atoms with Gasteiger partial charge in [-0.15, -0.1) is 0 Å². The number of hydrogen-bond donors (Lipinski definition) is 1. The van der Waals surface area contributed by atoms with Gasteiger partial charge in [-0.25, -0.2) is 0 Å². The summed E-state index contributed by atoms with van der Waals surface area (Å²) in [5, 5.41) is 3.84. The predicted octanol–water partition coefficient (Wildman–Crippen LogP) is 0.813. The molecule has 1 aromatic rings. The minimum atomic E-state index is -0.348. The van der Waals surface area contributed by atoms with Gasteiger partial charge in [-0.3, -0.25) is 0 Å². The van der Waals surface area contributed by atoms with Crippen molar-refractivity contribution in [3.8, 4) is 0 Å². The molecule has 0 bridgehead atoms. The van der Waals surface area contributed by atoms with Crippen LogP contribution in [0.25, 0.3) is 0 Å². The molecule has 0 aromatic carbocycles. The first kappa shape index (κ1) is 11.5. The van der Waals surface area contributed by atoms with Crippen molar-refractivity contribution >= 4 is 0 Å². The van der Waals surface area contributed by atoms with Crippen molar-refractivity contribution in [2.45, 2.75) is 25.5 Å². The van der Waals surface area contributed by atoms with Crippen LogP contribution in [-0.4, -0.2) is 30.5 Å². The highest BCUT2D eigenvalue weighted by Crippen LogP contribution is 2.33. The first-order chi connectivity index (χ1) is 7.72. The number of nitrogens with two attached hydrogens (primary N) is 1. The van der Waals surface area contributed by atoms with Gasteiger partial charge in [-0.05, 0) is 12.3 Å². The zero-order valence-electron chi connectivity index (χ0n) is 9.55. The van der Waals surface area contributed by atoms with Crippen molar-refractivity contribution in [2.24, 2.45) is 11.7 Å². The maximum Gasteiger partial charge on any atom is 0.256 e. The van der Waals surface area contributed by atoms with Gasteiger partial charge in [0.2, 0.25) is 0 Å². The number of aromatic nitrogens is 2. The van der Waals surface area contributed by atoms with Gasteiger partial charge in [0.15, 0.2) is 5.82 Å². The SMILES string of the molecule is COCC(N)c1noc(C2OCCC2C)n1. The molecule has 2 heterocycles. The number of hydrogen-bond acceptors (Lipinski definition) is 6. The second-order valence-electron chi connectivity index (χ2n) is 4.11. The normalized spacial score (nSPS) is 27.2. The van der Waals surface area contributed by atoms with E-state index >= 15 is 0 Å². The van der Waals surface area contributed by atoms with Crippen LogP contribution in [0.4, 0.5) is 0 Å². The number of rotatable bonds is 4. The fraction of sp³-hybridized carbons (Fsp3) is 0.800. The van der Waals surface area contributed by atoms with Crippen LogP contribution in [0.2, 0.25) is 0 Å². The van der Waals surface area contributed by atoms with E-state index < -0.39 is 0 Å². The maximum atomic E-state index is 5.80. The molecule has 1 aliphatic rings. The van der Waals surface area contributed by atoms with Gasteiger partial charge in [-0.1, -0.05) is 12.1 Å². The molecule has 6 nitrogen and oxygen atoms in total. The molecule has 1 aromatic heterocycles. The fourth-order valence-corrected chi connectivity index (χ4v) is 1.78. The summed E-state index contributed by atoms with van der Waals surface area (Å²) in [6.07, 6.45) is 0.933. The lowest BCUT2D eigenvalue weighted by molar-refractivity contribution is 0.0661. The maximum absolute atomic E-state index is 5.80. The summed E-state index contributed by atoms with van der Waals surface area (Å²) < 4.78 is 15.6. The molecule has 0 saturated carbocycles. The van der Waals surface area contributed by atoms with Crippen LogP contribution in [0.5, 0.6) is 0 Å². The van der Waals surface area contributed by atoms with E-state index in [1.54, 1.807) is 7.11 Å². The predicted molar refractivity (Wildman–Crippen MR) is 55.6 cm³/mol. The second-order valence-corrected chi connectivity index (χ2v) is 4.11. The molecule has 0 radical (unpaired) electrons. The molecule has 16 heavy (non-hydrogen) atoms. The van der Waals surface area contributed by atoms with Crippen molar-refractivity contribution < 1.29 is 14.0 Å². The summed E-state index contributed by atoms with van der Waals surface area (Å²) >= 11 is 0. The van der Waals surface area contributed by atoms with Crippen LogP contribution in [0.15, 0.2) is 4.52 Å². The summed E-state index contributed by atoms with van der Waals surface area (Å²) in [7, 11) is 1.59. The summed E-state index contributed by atoms with van der Waals surface area (Å²) in [4.78, 5) is 4.25. The van der Waals surface area contributed by atoms with Gasteiger partial charge in [0, 0.05) is 13.7 Å². The summed E-state index contributed by atoms with van der Waals surface area (Å²) in [6, 6.07) is -0.348. The van der Waals surface area contributed by atoms with Gasteiger partial charge in [0.1, 0.15) is 6.10 Å². The molecule has 2 rings (SSSR count). The first-order valence-corrected chi connectivity index (χ1v) is 5.42. The van der Waals surface area contributed by atoms with E-state index in [0.717, 1.165) is 13.0 Å². The highest BCUT2D eigenvalue weighted by Gasteiger charge is 2.31. The van der Waals surface area contributed by atoms with Crippen molar-refractivity contribution in [2.75, 3.05) is 20.3 Å². The van der Waals surface area contributed by atoms with Crippen LogP contribution in [0.1, 0.15) is 37.2 Å². The van der Waals surface area contributed by atoms with Crippen molar-refractivity contribution in [1.29, 1.82) is 0 Å². The van der Waals surface area contributed by atoms with E-state index in [-0.39, 0.29) is 12.1 Å². The summed E-state index contributed by atoms with van der Waals surface area (Å²) in [5.41, 5.74) is 5.80. The van der Waals surface area contributed by atoms with Gasteiger partial charge in [0.05, 0.1) is 12.6 Å². The van der Waals surface area contributed by atoms with Crippen LogP contribution in [0, 0.1) is 5.92 Å². The van der Waals surface area contributed by atoms with E-state index in [0.29, 0.717) is 24.2 Å². The van der Waals surface area contributed by atoms with Crippen LogP contribution >= 0.6 is 0 Å². The molecule has 3 atom stereocenters. The van der Waals surface area contributed by atoms with Crippen molar-refractivity contribution in [3.05, 3.63) is 11.7 Å². The average Bonchev–Trinajstić information content (AvgIpc) is 2.86. The lowest BCUT2D eigenvalue weighted by atomic mass is 10.0. The molecule has 1 aliphatic heterocycles. The van der Waals surface area contributed by atoms with E-state index in [9.17, 15) is 0 Å². The number of methoxy groups -OCH3 is 1. The van der Waals surface area contributed by atoms with Crippen molar-refractivity contribution in [1.82, 2.24) is 10.1 Å². The Morgan fingerprint density at radius 2 is 2.44 bits per heavy atom. The monoisotopic (exact) mass is 227 g/mol. The smallest absolute Gasteiger partial charge is 0.256 e. The number of ether oxygens (including phenoxy) is 2. The topological polar surface area (TPSA) is 83.4 Å². The Labute approximate surface area is 94.1 Å². The zero-order valence-corrected chi connectivity index (χ0v) is 9.55. The molecule has 1 saturated heterocycles. The Bertz CT molecular complexity index is 342. The molecular weight excluding hydrogens is 210 g/mol. The molecule has 1 fully saturated rings.